The van der Waals surface area contributed by atoms with E-state index in [2.05, 4.69) is 6.92 Å². The van der Waals surface area contributed by atoms with Crippen LogP contribution >= 0.6 is 0 Å². The van der Waals surface area contributed by atoms with Crippen LogP contribution in [0.4, 0.5) is 4.79 Å². The molecule has 0 aliphatic carbocycles. The zero-order chi connectivity index (χ0) is 11.3. The summed E-state index contributed by atoms with van der Waals surface area (Å²) in [7, 11) is 0. The molecule has 2 unspecified atom stereocenters. The van der Waals surface area contributed by atoms with Gasteiger partial charge in [-0.3, -0.25) is 0 Å². The first-order chi connectivity index (χ1) is 7.19. The van der Waals surface area contributed by atoms with Crippen molar-refractivity contribution in [2.75, 3.05) is 19.8 Å². The zero-order valence-corrected chi connectivity index (χ0v) is 9.61. The van der Waals surface area contributed by atoms with E-state index in [0.717, 1.165) is 19.3 Å². The quantitative estimate of drug-likeness (QED) is 0.725. The lowest BCUT2D eigenvalue weighted by atomic mass is 10.1. The minimum absolute atomic E-state index is 0.156. The van der Waals surface area contributed by atoms with Gasteiger partial charge in [0.2, 0.25) is 0 Å². The van der Waals surface area contributed by atoms with E-state index in [4.69, 9.17) is 9.84 Å². The number of likely N-dealkylation sites (tertiary alicyclic amines) is 1. The van der Waals surface area contributed by atoms with Gasteiger partial charge in [-0.15, -0.1) is 0 Å². The highest BCUT2D eigenvalue weighted by Crippen LogP contribution is 2.23. The van der Waals surface area contributed by atoms with Crippen molar-refractivity contribution in [2.24, 2.45) is 5.92 Å². The third-order valence-electron chi connectivity index (χ3n) is 2.88. The molecule has 0 spiro atoms. The summed E-state index contributed by atoms with van der Waals surface area (Å²) < 4.78 is 5.13. The Morgan fingerprint density at radius 2 is 2.33 bits per heavy atom. The molecule has 15 heavy (non-hydrogen) atoms. The van der Waals surface area contributed by atoms with Gasteiger partial charge in [-0.05, 0) is 19.8 Å². The van der Waals surface area contributed by atoms with Gasteiger partial charge in [0.05, 0.1) is 6.61 Å². The monoisotopic (exact) mass is 215 g/mol. The summed E-state index contributed by atoms with van der Waals surface area (Å²) in [5, 5.41) is 9.02. The minimum atomic E-state index is -0.230. The summed E-state index contributed by atoms with van der Waals surface area (Å²) in [6.45, 7) is 5.35. The molecule has 0 aromatic rings. The van der Waals surface area contributed by atoms with E-state index >= 15 is 0 Å². The van der Waals surface area contributed by atoms with Gasteiger partial charge >= 0.3 is 6.09 Å². The Balaban J connectivity index is 2.33. The average molecular weight is 215 g/mol. The first kappa shape index (κ1) is 12.3. The number of unbranched alkanes of at least 4 members (excludes halogenated alkanes) is 1. The predicted molar refractivity (Wildman–Crippen MR) is 57.6 cm³/mol. The molecular formula is C11H21NO3. The number of aliphatic hydroxyl groups is 1. The smallest absolute Gasteiger partial charge is 0.410 e. The number of ether oxygens (including phenoxy) is 1. The van der Waals surface area contributed by atoms with Crippen molar-refractivity contribution in [1.29, 1.82) is 0 Å². The maximum absolute atomic E-state index is 11.6. The molecule has 4 heteroatoms. The van der Waals surface area contributed by atoms with Crippen LogP contribution in [-0.4, -0.2) is 41.9 Å². The predicted octanol–water partition coefficient (Wildman–Crippen LogP) is 1.63. The highest BCUT2D eigenvalue weighted by Gasteiger charge is 2.32. The molecule has 0 radical (unpaired) electrons. The van der Waals surface area contributed by atoms with Crippen LogP contribution in [0.15, 0.2) is 0 Å². The summed E-state index contributed by atoms with van der Waals surface area (Å²) in [5.41, 5.74) is 0. The fourth-order valence-corrected chi connectivity index (χ4v) is 1.92. The topological polar surface area (TPSA) is 49.8 Å². The highest BCUT2D eigenvalue weighted by atomic mass is 16.6. The number of carbonyl (C=O) groups is 1. The molecule has 0 bridgehead atoms. The molecule has 1 N–H and O–H groups in total. The molecular weight excluding hydrogens is 194 g/mol. The van der Waals surface area contributed by atoms with Gasteiger partial charge in [0.1, 0.15) is 0 Å². The van der Waals surface area contributed by atoms with Crippen molar-refractivity contribution in [3.63, 3.8) is 0 Å². The molecule has 1 aliphatic heterocycles. The van der Waals surface area contributed by atoms with Gasteiger partial charge in [0.15, 0.2) is 0 Å². The standard InChI is InChI=1S/C11H21NO3/c1-3-4-5-15-11(14)12-7-10(8-13)6-9(12)2/h9-10,13H,3-8H2,1-2H3. The summed E-state index contributed by atoms with van der Waals surface area (Å²) in [6, 6.07) is 0.191. The van der Waals surface area contributed by atoms with Crippen LogP contribution in [-0.2, 0) is 4.74 Å². The van der Waals surface area contributed by atoms with Crippen LogP contribution in [0.3, 0.4) is 0 Å². The van der Waals surface area contributed by atoms with E-state index in [1.165, 1.54) is 0 Å². The first-order valence-electron chi connectivity index (χ1n) is 5.73. The molecule has 1 aliphatic rings. The Kier molecular flexibility index (Phi) is 4.88. The van der Waals surface area contributed by atoms with Crippen LogP contribution in [0.1, 0.15) is 33.1 Å². The molecule has 0 aromatic carbocycles. The second-order valence-corrected chi connectivity index (χ2v) is 4.25. The number of hydrogen-bond donors (Lipinski definition) is 1. The second kappa shape index (κ2) is 5.95. The van der Waals surface area contributed by atoms with Gasteiger partial charge in [-0.2, -0.15) is 0 Å². The Morgan fingerprint density at radius 1 is 1.60 bits per heavy atom. The summed E-state index contributed by atoms with van der Waals surface area (Å²) in [6.07, 6.45) is 2.59. The number of rotatable bonds is 4. The third-order valence-corrected chi connectivity index (χ3v) is 2.88. The number of aliphatic hydroxyl groups excluding tert-OH is 1. The Hall–Kier alpha value is -0.770. The maximum Gasteiger partial charge on any atom is 0.410 e. The molecule has 88 valence electrons. The molecule has 0 saturated carbocycles. The van der Waals surface area contributed by atoms with Crippen molar-refractivity contribution < 1.29 is 14.6 Å². The van der Waals surface area contributed by atoms with Crippen molar-refractivity contribution in [1.82, 2.24) is 4.90 Å². The third kappa shape index (κ3) is 3.38. The molecule has 2 atom stereocenters. The van der Waals surface area contributed by atoms with Crippen LogP contribution in [0.25, 0.3) is 0 Å². The Labute approximate surface area is 91.2 Å². The van der Waals surface area contributed by atoms with Crippen LogP contribution in [0.2, 0.25) is 0 Å². The van der Waals surface area contributed by atoms with E-state index in [0.29, 0.717) is 13.2 Å². The lowest BCUT2D eigenvalue weighted by Crippen LogP contribution is -2.34. The Morgan fingerprint density at radius 3 is 2.87 bits per heavy atom. The molecule has 1 heterocycles. The summed E-state index contributed by atoms with van der Waals surface area (Å²) in [5.74, 6) is 0.221. The van der Waals surface area contributed by atoms with E-state index in [1.807, 2.05) is 6.92 Å². The second-order valence-electron chi connectivity index (χ2n) is 4.25. The van der Waals surface area contributed by atoms with Crippen LogP contribution in [0.5, 0.6) is 0 Å². The van der Waals surface area contributed by atoms with Gasteiger partial charge in [-0.25, -0.2) is 4.79 Å². The van der Waals surface area contributed by atoms with Gasteiger partial charge in [0.25, 0.3) is 0 Å². The van der Waals surface area contributed by atoms with Crippen LogP contribution in [0, 0.1) is 5.92 Å². The minimum Gasteiger partial charge on any atom is -0.449 e. The summed E-state index contributed by atoms with van der Waals surface area (Å²) in [4.78, 5) is 13.3. The van der Waals surface area contributed by atoms with Crippen molar-refractivity contribution in [3.05, 3.63) is 0 Å². The molecule has 1 amide bonds. The van der Waals surface area contributed by atoms with E-state index in [1.54, 1.807) is 4.90 Å². The SMILES string of the molecule is CCCCOC(=O)N1CC(CO)CC1C. The number of nitrogens with zero attached hydrogens (tertiary/aromatic N) is 1. The van der Waals surface area contributed by atoms with Crippen molar-refractivity contribution in [3.8, 4) is 0 Å². The van der Waals surface area contributed by atoms with Gasteiger partial charge in [0, 0.05) is 25.1 Å². The highest BCUT2D eigenvalue weighted by molar-refractivity contribution is 5.68. The fraction of sp³-hybridized carbons (Fsp3) is 0.909. The van der Waals surface area contributed by atoms with Crippen molar-refractivity contribution >= 4 is 6.09 Å². The normalized spacial score (nSPS) is 25.7. The lowest BCUT2D eigenvalue weighted by molar-refractivity contribution is 0.0973. The summed E-state index contributed by atoms with van der Waals surface area (Å²) >= 11 is 0. The molecule has 1 saturated heterocycles. The maximum atomic E-state index is 11.6. The molecule has 4 nitrogen and oxygen atoms in total. The zero-order valence-electron chi connectivity index (χ0n) is 9.61. The van der Waals surface area contributed by atoms with Gasteiger partial charge < -0.3 is 14.7 Å². The van der Waals surface area contributed by atoms with E-state index in [-0.39, 0.29) is 24.7 Å². The molecule has 1 fully saturated rings. The number of carbonyl (C=O) groups excluding carboxylic acids is 1. The lowest BCUT2D eigenvalue weighted by Gasteiger charge is -2.20. The Bertz CT molecular complexity index is 208. The van der Waals surface area contributed by atoms with Crippen molar-refractivity contribution in [2.45, 2.75) is 39.2 Å². The fourth-order valence-electron chi connectivity index (χ4n) is 1.92. The van der Waals surface area contributed by atoms with E-state index in [9.17, 15) is 4.79 Å². The van der Waals surface area contributed by atoms with Crippen LogP contribution < -0.4 is 0 Å². The molecule has 1 rings (SSSR count). The molecule has 0 aromatic heterocycles. The first-order valence-corrected chi connectivity index (χ1v) is 5.73. The average Bonchev–Trinajstić information content (AvgIpc) is 2.60. The number of hydrogen-bond acceptors (Lipinski definition) is 3. The van der Waals surface area contributed by atoms with E-state index < -0.39 is 0 Å². The van der Waals surface area contributed by atoms with Gasteiger partial charge in [-0.1, -0.05) is 13.3 Å². The largest absolute Gasteiger partial charge is 0.449 e. The number of amides is 1.